The van der Waals surface area contributed by atoms with E-state index in [0.29, 0.717) is 0 Å². The molecule has 0 aromatic carbocycles. The van der Waals surface area contributed by atoms with Gasteiger partial charge in [0.25, 0.3) is 0 Å². The number of thioether (sulfide) groups is 2. The molecule has 17 heavy (non-hydrogen) atoms. The number of allylic oxidation sites excluding steroid dienone is 1. The summed E-state index contributed by atoms with van der Waals surface area (Å²) in [6.45, 7) is 3.34. The van der Waals surface area contributed by atoms with Crippen molar-refractivity contribution in [3.8, 4) is 0 Å². The fraction of sp³-hybridized carbons (Fsp3) is 0.769. The van der Waals surface area contributed by atoms with Gasteiger partial charge < -0.3 is 4.74 Å². The predicted molar refractivity (Wildman–Crippen MR) is 77.5 cm³/mol. The number of hydrogen-bond acceptors (Lipinski definition) is 4. The van der Waals surface area contributed by atoms with Gasteiger partial charge in [-0.2, -0.15) is 0 Å². The Labute approximate surface area is 113 Å². The summed E-state index contributed by atoms with van der Waals surface area (Å²) in [5, 5.41) is 0. The van der Waals surface area contributed by atoms with Crippen LogP contribution in [0.2, 0.25) is 0 Å². The molecule has 0 aromatic heterocycles. The van der Waals surface area contributed by atoms with Crippen molar-refractivity contribution >= 4 is 29.5 Å². The molecular formula is C13H22O2S2. The van der Waals surface area contributed by atoms with Gasteiger partial charge in [-0.05, 0) is 50.2 Å². The third kappa shape index (κ3) is 7.77. The van der Waals surface area contributed by atoms with Gasteiger partial charge in [0.1, 0.15) is 6.10 Å². The molecule has 1 unspecified atom stereocenters. The highest BCUT2D eigenvalue weighted by Gasteiger charge is 2.13. The maximum Gasteiger partial charge on any atom is 0.303 e. The molecule has 1 fully saturated rings. The molecule has 0 aromatic rings. The lowest BCUT2D eigenvalue weighted by Gasteiger charge is -2.20. The van der Waals surface area contributed by atoms with E-state index in [1.165, 1.54) is 37.7 Å². The molecular weight excluding hydrogens is 252 g/mol. The molecule has 0 aliphatic carbocycles. The Balaban J connectivity index is 2.02. The zero-order valence-electron chi connectivity index (χ0n) is 10.7. The molecule has 1 atom stereocenters. The van der Waals surface area contributed by atoms with Crippen LogP contribution >= 0.6 is 23.5 Å². The minimum atomic E-state index is -0.211. The molecule has 1 heterocycles. The third-order valence-corrected chi connectivity index (χ3v) is 5.55. The fourth-order valence-electron chi connectivity index (χ4n) is 1.69. The lowest BCUT2D eigenvalue weighted by Crippen LogP contribution is -2.08. The first-order chi connectivity index (χ1) is 8.18. The highest BCUT2D eigenvalue weighted by Crippen LogP contribution is 2.33. The molecule has 1 rings (SSSR count). The summed E-state index contributed by atoms with van der Waals surface area (Å²) in [4.78, 5) is 10.7. The molecule has 2 nitrogen and oxygen atoms in total. The van der Waals surface area contributed by atoms with Crippen LogP contribution < -0.4 is 0 Å². The normalized spacial score (nSPS) is 19.4. The van der Waals surface area contributed by atoms with Crippen LogP contribution in [0.4, 0.5) is 0 Å². The first kappa shape index (κ1) is 15.0. The second-order valence-electron chi connectivity index (χ2n) is 4.20. The Bertz CT molecular complexity index is 248. The van der Waals surface area contributed by atoms with Gasteiger partial charge in [-0.1, -0.05) is 6.08 Å². The van der Waals surface area contributed by atoms with Gasteiger partial charge in [0.2, 0.25) is 0 Å². The van der Waals surface area contributed by atoms with Gasteiger partial charge in [0.15, 0.2) is 0 Å². The van der Waals surface area contributed by atoms with Crippen LogP contribution in [-0.4, -0.2) is 28.2 Å². The van der Waals surface area contributed by atoms with Gasteiger partial charge in [0, 0.05) is 6.92 Å². The molecule has 4 heteroatoms. The summed E-state index contributed by atoms with van der Waals surface area (Å²) in [5.74, 6) is 2.45. The summed E-state index contributed by atoms with van der Waals surface area (Å²) in [6.07, 6.45) is 8.99. The van der Waals surface area contributed by atoms with Gasteiger partial charge >= 0.3 is 5.97 Å². The quantitative estimate of drug-likeness (QED) is 0.417. The van der Waals surface area contributed by atoms with Gasteiger partial charge in [0.05, 0.1) is 4.58 Å². The van der Waals surface area contributed by atoms with Crippen molar-refractivity contribution in [3.05, 3.63) is 12.2 Å². The average molecular weight is 274 g/mol. The Morgan fingerprint density at radius 1 is 1.47 bits per heavy atom. The second kappa shape index (κ2) is 8.92. The zero-order valence-corrected chi connectivity index (χ0v) is 12.3. The van der Waals surface area contributed by atoms with Crippen molar-refractivity contribution in [1.29, 1.82) is 0 Å². The first-order valence-electron chi connectivity index (χ1n) is 6.25. The lowest BCUT2D eigenvalue weighted by molar-refractivity contribution is -0.143. The lowest BCUT2D eigenvalue weighted by atomic mass is 10.2. The number of unbranched alkanes of at least 4 members (excludes halogenated alkanes) is 1. The van der Waals surface area contributed by atoms with Crippen molar-refractivity contribution in [2.75, 3.05) is 11.5 Å². The maximum absolute atomic E-state index is 10.7. The maximum atomic E-state index is 10.7. The van der Waals surface area contributed by atoms with E-state index in [1.807, 2.05) is 13.0 Å². The van der Waals surface area contributed by atoms with Crippen molar-refractivity contribution in [2.45, 2.75) is 50.2 Å². The predicted octanol–water partition coefficient (Wildman–Crippen LogP) is 3.86. The Hall–Kier alpha value is -0.0900. The van der Waals surface area contributed by atoms with E-state index in [1.54, 1.807) is 0 Å². The summed E-state index contributed by atoms with van der Waals surface area (Å²) in [7, 11) is 0. The molecule has 0 amide bonds. The number of rotatable bonds is 6. The molecule has 0 spiro atoms. The molecule has 0 bridgehead atoms. The minimum absolute atomic E-state index is 0.0917. The Morgan fingerprint density at radius 3 is 2.82 bits per heavy atom. The van der Waals surface area contributed by atoms with E-state index < -0.39 is 0 Å². The molecule has 0 saturated carbocycles. The SMILES string of the molecule is CC(=O)OC(C)/C=C/CCCC1SCCCS1. The molecule has 1 saturated heterocycles. The summed E-state index contributed by atoms with van der Waals surface area (Å²) in [5.41, 5.74) is 0. The minimum Gasteiger partial charge on any atom is -0.459 e. The number of carbonyl (C=O) groups excluding carboxylic acids is 1. The first-order valence-corrected chi connectivity index (χ1v) is 8.35. The average Bonchev–Trinajstić information content (AvgIpc) is 2.29. The molecule has 0 N–H and O–H groups in total. The summed E-state index contributed by atoms with van der Waals surface area (Å²) < 4.78 is 5.82. The van der Waals surface area contributed by atoms with Crippen molar-refractivity contribution in [2.24, 2.45) is 0 Å². The van der Waals surface area contributed by atoms with Crippen LogP contribution in [0, 0.1) is 0 Å². The molecule has 1 aliphatic heterocycles. The summed E-state index contributed by atoms with van der Waals surface area (Å²) >= 11 is 4.21. The van der Waals surface area contributed by atoms with Crippen LogP contribution in [0.5, 0.6) is 0 Å². The topological polar surface area (TPSA) is 26.3 Å². The van der Waals surface area contributed by atoms with E-state index in [4.69, 9.17) is 4.74 Å². The van der Waals surface area contributed by atoms with Crippen molar-refractivity contribution in [1.82, 2.24) is 0 Å². The number of esters is 1. The largest absolute Gasteiger partial charge is 0.459 e. The van der Waals surface area contributed by atoms with Gasteiger partial charge in [-0.15, -0.1) is 23.5 Å². The van der Waals surface area contributed by atoms with Crippen LogP contribution in [-0.2, 0) is 9.53 Å². The van der Waals surface area contributed by atoms with Gasteiger partial charge in [-0.3, -0.25) is 4.79 Å². The summed E-state index contributed by atoms with van der Waals surface area (Å²) in [6, 6.07) is 0. The smallest absolute Gasteiger partial charge is 0.303 e. The van der Waals surface area contributed by atoms with E-state index in [-0.39, 0.29) is 12.1 Å². The van der Waals surface area contributed by atoms with Crippen molar-refractivity contribution in [3.63, 3.8) is 0 Å². The Morgan fingerprint density at radius 2 is 2.18 bits per heavy atom. The number of hydrogen-bond donors (Lipinski definition) is 0. The highest BCUT2D eigenvalue weighted by atomic mass is 32.2. The van der Waals surface area contributed by atoms with E-state index >= 15 is 0 Å². The van der Waals surface area contributed by atoms with Crippen LogP contribution in [0.25, 0.3) is 0 Å². The number of carbonyl (C=O) groups is 1. The second-order valence-corrected chi connectivity index (χ2v) is 7.12. The van der Waals surface area contributed by atoms with Crippen LogP contribution in [0.15, 0.2) is 12.2 Å². The van der Waals surface area contributed by atoms with Gasteiger partial charge in [-0.25, -0.2) is 0 Å². The van der Waals surface area contributed by atoms with Crippen LogP contribution in [0.1, 0.15) is 39.5 Å². The third-order valence-electron chi connectivity index (χ3n) is 2.47. The Kier molecular flexibility index (Phi) is 7.86. The standard InChI is InChI=1S/C13H22O2S2/c1-11(15-12(2)14)7-4-3-5-8-13-16-9-6-10-17-13/h4,7,11,13H,3,5-6,8-10H2,1-2H3/b7-4+. The zero-order chi connectivity index (χ0) is 12.5. The fourth-order valence-corrected chi connectivity index (χ4v) is 4.65. The molecule has 1 aliphatic rings. The van der Waals surface area contributed by atoms with Crippen LogP contribution in [0.3, 0.4) is 0 Å². The highest BCUT2D eigenvalue weighted by molar-refractivity contribution is 8.17. The van der Waals surface area contributed by atoms with Crippen molar-refractivity contribution < 1.29 is 9.53 Å². The monoisotopic (exact) mass is 274 g/mol. The molecule has 0 radical (unpaired) electrons. The molecule has 98 valence electrons. The van der Waals surface area contributed by atoms with E-state index in [0.717, 1.165) is 11.0 Å². The number of ether oxygens (including phenoxy) is 1. The van der Waals surface area contributed by atoms with E-state index in [2.05, 4.69) is 29.6 Å². The van der Waals surface area contributed by atoms with E-state index in [9.17, 15) is 4.79 Å².